The summed E-state index contributed by atoms with van der Waals surface area (Å²) in [7, 11) is 1.95. The van der Waals surface area contributed by atoms with E-state index in [1.807, 2.05) is 13.1 Å². The molecule has 2 aromatic heterocycles. The van der Waals surface area contributed by atoms with E-state index in [1.165, 1.54) is 6.07 Å². The van der Waals surface area contributed by atoms with Crippen molar-refractivity contribution in [2.75, 3.05) is 44.7 Å². The summed E-state index contributed by atoms with van der Waals surface area (Å²) in [4.78, 5) is 18.3. The summed E-state index contributed by atoms with van der Waals surface area (Å²) in [5.74, 6) is -0.109. The number of halogens is 3. The maximum absolute atomic E-state index is 16.7. The number of rotatable bonds is 6. The summed E-state index contributed by atoms with van der Waals surface area (Å²) in [5, 5.41) is 16.0. The van der Waals surface area contributed by atoms with Gasteiger partial charge in [-0.2, -0.15) is 9.97 Å². The summed E-state index contributed by atoms with van der Waals surface area (Å²) in [6, 6.07) is 8.68. The van der Waals surface area contributed by atoms with Crippen LogP contribution in [0.5, 0.6) is 11.8 Å². The Morgan fingerprint density at radius 1 is 1.16 bits per heavy atom. The molecule has 0 bridgehead atoms. The first-order valence-electron chi connectivity index (χ1n) is 15.1. The molecule has 5 heterocycles. The number of anilines is 1. The van der Waals surface area contributed by atoms with Gasteiger partial charge in [-0.15, -0.1) is 0 Å². The van der Waals surface area contributed by atoms with Crippen molar-refractivity contribution < 1.29 is 18.6 Å². The Morgan fingerprint density at radius 3 is 2.91 bits per heavy atom. The minimum absolute atomic E-state index is 0.0239. The van der Waals surface area contributed by atoms with Gasteiger partial charge in [0.05, 0.1) is 10.9 Å². The van der Waals surface area contributed by atoms with E-state index in [-0.39, 0.29) is 35.6 Å². The number of phenolic OH excluding ortho intramolecular Hbond substituents is 1. The van der Waals surface area contributed by atoms with Gasteiger partial charge in [0.15, 0.2) is 5.82 Å². The predicted molar refractivity (Wildman–Crippen MR) is 164 cm³/mol. The van der Waals surface area contributed by atoms with Crippen LogP contribution in [0.3, 0.4) is 0 Å². The zero-order chi connectivity index (χ0) is 29.7. The number of phenols is 1. The molecule has 11 heteroatoms. The lowest BCUT2D eigenvalue weighted by Crippen LogP contribution is -2.43. The third kappa shape index (κ3) is 5.13. The molecule has 3 saturated heterocycles. The highest BCUT2D eigenvalue weighted by Gasteiger charge is 2.49. The van der Waals surface area contributed by atoms with Crippen LogP contribution in [0.4, 0.5) is 14.6 Å². The zero-order valence-electron chi connectivity index (χ0n) is 24.1. The van der Waals surface area contributed by atoms with E-state index in [1.54, 1.807) is 24.4 Å². The van der Waals surface area contributed by atoms with Crippen LogP contribution in [0.1, 0.15) is 38.5 Å². The average Bonchev–Trinajstić information content (AvgIpc) is 3.40. The summed E-state index contributed by atoms with van der Waals surface area (Å²) < 4.78 is 37.4. The second kappa shape index (κ2) is 11.3. The topological polar surface area (TPSA) is 86.6 Å². The van der Waals surface area contributed by atoms with E-state index >= 15 is 4.39 Å². The van der Waals surface area contributed by atoms with E-state index in [2.05, 4.69) is 25.1 Å². The van der Waals surface area contributed by atoms with Crippen LogP contribution >= 0.6 is 11.6 Å². The molecule has 2 aromatic carbocycles. The van der Waals surface area contributed by atoms with Gasteiger partial charge in [-0.1, -0.05) is 30.2 Å². The molecular weight excluding hydrogens is 574 g/mol. The first-order chi connectivity index (χ1) is 20.8. The van der Waals surface area contributed by atoms with E-state index in [4.69, 9.17) is 21.3 Å². The number of nitrogens with zero attached hydrogens (tertiary/aromatic N) is 5. The SMILES string of the molecule is CNC1CCCCN(c2nc(OCC34CCCN3C[C@H](F)C4)nc3c(F)c(-c4cc(O)cc5cccc(Cl)c45)ncc23)C1. The lowest BCUT2D eigenvalue weighted by atomic mass is 9.95. The standard InChI is InChI=1S/C32H35ClF2N6O2/c1-36-21-7-2-3-10-40(17-21)30-24-15-37-28(23-13-22(42)12-19-6-4-8-25(33)26(19)23)27(35)29(24)38-31(39-30)43-18-32-9-5-11-41(32)16-20(34)14-32/h4,6,8,12-13,15,20-21,36,42H,2-3,5,7,9-11,14,16-18H2,1H3/t20-,21?,32?/m1/s1. The Kier molecular flexibility index (Phi) is 7.47. The number of alkyl halides is 1. The minimum atomic E-state index is -0.887. The molecule has 2 N–H and O–H groups in total. The van der Waals surface area contributed by atoms with Crippen molar-refractivity contribution in [2.45, 2.75) is 56.3 Å². The fraction of sp³-hybridized carbons (Fsp3) is 0.469. The molecule has 3 aliphatic rings. The van der Waals surface area contributed by atoms with Gasteiger partial charge in [0, 0.05) is 54.3 Å². The molecule has 0 radical (unpaired) electrons. The molecule has 0 aliphatic carbocycles. The van der Waals surface area contributed by atoms with Gasteiger partial charge in [-0.25, -0.2) is 8.78 Å². The second-order valence-corrected chi connectivity index (χ2v) is 12.5. The summed E-state index contributed by atoms with van der Waals surface area (Å²) in [6.45, 7) is 2.94. The Morgan fingerprint density at radius 2 is 2.05 bits per heavy atom. The van der Waals surface area contributed by atoms with Gasteiger partial charge in [-0.3, -0.25) is 9.88 Å². The van der Waals surface area contributed by atoms with Crippen LogP contribution in [0.25, 0.3) is 32.9 Å². The summed E-state index contributed by atoms with van der Waals surface area (Å²) in [5.41, 5.74) is 0.0804. The number of aromatic hydroxyl groups is 1. The highest BCUT2D eigenvalue weighted by molar-refractivity contribution is 6.36. The third-order valence-electron chi connectivity index (χ3n) is 9.42. The number of fused-ring (bicyclic) bond motifs is 3. The van der Waals surface area contributed by atoms with Gasteiger partial charge in [0.2, 0.25) is 0 Å². The molecule has 0 saturated carbocycles. The van der Waals surface area contributed by atoms with Gasteiger partial charge in [0.1, 0.15) is 35.6 Å². The van der Waals surface area contributed by atoms with E-state index in [9.17, 15) is 9.50 Å². The van der Waals surface area contributed by atoms with Crippen molar-refractivity contribution >= 4 is 39.1 Å². The smallest absolute Gasteiger partial charge is 0.319 e. The molecule has 4 aromatic rings. The number of benzene rings is 2. The lowest BCUT2D eigenvalue weighted by molar-refractivity contribution is 0.107. The van der Waals surface area contributed by atoms with Crippen LogP contribution in [-0.2, 0) is 0 Å². The van der Waals surface area contributed by atoms with Crippen molar-refractivity contribution in [3.05, 3.63) is 47.4 Å². The molecule has 3 aliphatic heterocycles. The van der Waals surface area contributed by atoms with Gasteiger partial charge >= 0.3 is 6.01 Å². The monoisotopic (exact) mass is 608 g/mol. The predicted octanol–water partition coefficient (Wildman–Crippen LogP) is 5.88. The normalized spacial score (nSPS) is 24.5. The molecule has 0 spiro atoms. The van der Waals surface area contributed by atoms with E-state index in [0.717, 1.165) is 45.2 Å². The maximum atomic E-state index is 16.7. The average molecular weight is 609 g/mol. The van der Waals surface area contributed by atoms with Crippen molar-refractivity contribution in [2.24, 2.45) is 0 Å². The Labute approximate surface area is 254 Å². The molecule has 0 amide bonds. The highest BCUT2D eigenvalue weighted by atomic mass is 35.5. The van der Waals surface area contributed by atoms with Crippen molar-refractivity contribution in [3.63, 3.8) is 0 Å². The van der Waals surface area contributed by atoms with Crippen molar-refractivity contribution in [1.29, 1.82) is 0 Å². The van der Waals surface area contributed by atoms with Gasteiger partial charge in [-0.05, 0) is 62.9 Å². The largest absolute Gasteiger partial charge is 0.508 e. The molecule has 3 atom stereocenters. The number of pyridine rings is 1. The number of nitrogens with one attached hydrogen (secondary N) is 1. The molecule has 226 valence electrons. The fourth-order valence-electron chi connectivity index (χ4n) is 7.29. The van der Waals surface area contributed by atoms with Crippen LogP contribution in [-0.4, -0.2) is 82.5 Å². The van der Waals surface area contributed by atoms with Crippen molar-refractivity contribution in [1.82, 2.24) is 25.2 Å². The molecule has 2 unspecified atom stereocenters. The molecule has 7 rings (SSSR count). The fourth-order valence-corrected chi connectivity index (χ4v) is 7.57. The van der Waals surface area contributed by atoms with Crippen LogP contribution in [0.15, 0.2) is 36.5 Å². The zero-order valence-corrected chi connectivity index (χ0v) is 24.9. The third-order valence-corrected chi connectivity index (χ3v) is 9.73. The Hall–Kier alpha value is -3.34. The van der Waals surface area contributed by atoms with E-state index < -0.39 is 17.5 Å². The second-order valence-electron chi connectivity index (χ2n) is 12.1. The molecule has 8 nitrogen and oxygen atoms in total. The van der Waals surface area contributed by atoms with E-state index in [0.29, 0.717) is 52.1 Å². The van der Waals surface area contributed by atoms with Crippen LogP contribution in [0, 0.1) is 5.82 Å². The number of hydrogen-bond acceptors (Lipinski definition) is 8. The Balaban J connectivity index is 1.36. The summed E-state index contributed by atoms with van der Waals surface area (Å²) >= 11 is 6.57. The first kappa shape index (κ1) is 28.4. The summed E-state index contributed by atoms with van der Waals surface area (Å²) in [6.07, 6.45) is 6.03. The highest BCUT2D eigenvalue weighted by Crippen LogP contribution is 2.42. The van der Waals surface area contributed by atoms with Gasteiger partial charge in [0.25, 0.3) is 0 Å². The van der Waals surface area contributed by atoms with Crippen LogP contribution in [0.2, 0.25) is 5.02 Å². The Bertz CT molecular complexity index is 1690. The van der Waals surface area contributed by atoms with Crippen molar-refractivity contribution in [3.8, 4) is 23.0 Å². The van der Waals surface area contributed by atoms with Crippen LogP contribution < -0.4 is 15.0 Å². The number of aromatic nitrogens is 3. The number of likely N-dealkylation sites (N-methyl/N-ethyl adjacent to an activating group) is 1. The molecule has 3 fully saturated rings. The number of hydrogen-bond donors (Lipinski definition) is 2. The lowest BCUT2D eigenvalue weighted by Gasteiger charge is -2.31. The first-order valence-corrected chi connectivity index (χ1v) is 15.4. The molecular formula is C32H35ClF2N6O2. The minimum Gasteiger partial charge on any atom is -0.508 e. The number of ether oxygens (including phenoxy) is 1. The molecule has 43 heavy (non-hydrogen) atoms. The maximum Gasteiger partial charge on any atom is 0.319 e. The van der Waals surface area contributed by atoms with Gasteiger partial charge < -0.3 is 20.1 Å². The quantitative estimate of drug-likeness (QED) is 0.281.